The zero-order valence-corrected chi connectivity index (χ0v) is 22.3. The molecule has 0 amide bonds. The predicted octanol–water partition coefficient (Wildman–Crippen LogP) is 6.65. The van der Waals surface area contributed by atoms with Crippen molar-refractivity contribution in [2.75, 3.05) is 33.8 Å². The van der Waals surface area contributed by atoms with Gasteiger partial charge in [-0.2, -0.15) is 0 Å². The van der Waals surface area contributed by atoms with Crippen LogP contribution in [-0.4, -0.2) is 50.3 Å². The molecular weight excluding hydrogens is 398 g/mol. The summed E-state index contributed by atoms with van der Waals surface area (Å²) in [6.45, 7) is 6.92. The van der Waals surface area contributed by atoms with Crippen molar-refractivity contribution in [3.8, 4) is 0 Å². The molecule has 0 saturated carbocycles. The molecule has 0 radical (unpaired) electrons. The first-order valence-electron chi connectivity index (χ1n) is 14.0. The van der Waals surface area contributed by atoms with Crippen LogP contribution in [0.3, 0.4) is 0 Å². The number of unbranched alkanes of at least 4 members (excludes halogenated alkanes) is 15. The van der Waals surface area contributed by atoms with Crippen molar-refractivity contribution < 1.29 is 19.1 Å². The molecule has 4 nitrogen and oxygen atoms in total. The van der Waals surface area contributed by atoms with Gasteiger partial charge in [0.05, 0.1) is 20.6 Å². The maximum absolute atomic E-state index is 10.6. The average Bonchev–Trinajstić information content (AvgIpc) is 2.72. The Morgan fingerprint density at radius 3 is 1.56 bits per heavy atom. The third kappa shape index (κ3) is 22.6. The summed E-state index contributed by atoms with van der Waals surface area (Å²) in [5, 5.41) is 10.6. The van der Waals surface area contributed by atoms with Crippen LogP contribution >= 0.6 is 0 Å². The second-order valence-electron chi connectivity index (χ2n) is 10.5. The first-order chi connectivity index (χ1) is 15.4. The molecule has 0 N–H and O–H groups in total. The van der Waals surface area contributed by atoms with Crippen molar-refractivity contribution in [3.05, 3.63) is 0 Å². The molecule has 0 saturated heterocycles. The molecule has 0 aromatic rings. The number of aliphatic carboxylic acids is 1. The number of ether oxygens (including phenoxy) is 1. The summed E-state index contributed by atoms with van der Waals surface area (Å²) in [4.78, 5) is 10.6. The molecule has 32 heavy (non-hydrogen) atoms. The standard InChI is InChI=1S/C28H57NO3/c1-5-7-8-9-10-11-12-13-14-15-16-17-18-19-20-21-23-27(32-6-2)26-29(3,4)25-22-24-28(30)31/h27H,5-26H2,1-4H3. The van der Waals surface area contributed by atoms with E-state index in [2.05, 4.69) is 27.9 Å². The van der Waals surface area contributed by atoms with E-state index in [1.807, 2.05) is 0 Å². The lowest BCUT2D eigenvalue weighted by Gasteiger charge is -2.33. The molecule has 0 aliphatic rings. The highest BCUT2D eigenvalue weighted by atomic mass is 16.5. The molecule has 0 fully saturated rings. The van der Waals surface area contributed by atoms with Crippen molar-refractivity contribution in [1.82, 2.24) is 0 Å². The molecule has 192 valence electrons. The molecule has 1 atom stereocenters. The van der Waals surface area contributed by atoms with Gasteiger partial charge in [-0.3, -0.25) is 0 Å². The summed E-state index contributed by atoms with van der Waals surface area (Å²) in [6, 6.07) is 0. The summed E-state index contributed by atoms with van der Waals surface area (Å²) in [6.07, 6.45) is 24.6. The van der Waals surface area contributed by atoms with Crippen LogP contribution in [0.25, 0.3) is 0 Å². The van der Waals surface area contributed by atoms with E-state index in [0.29, 0.717) is 6.42 Å². The van der Waals surface area contributed by atoms with Crippen molar-refractivity contribution in [2.45, 2.75) is 142 Å². The number of carboxylic acid groups (broad SMARTS) is 1. The Kier molecular flexibility index (Phi) is 21.8. The Balaban J connectivity index is 3.59. The fourth-order valence-corrected chi connectivity index (χ4v) is 4.68. The smallest absolute Gasteiger partial charge is 0.106 e. The minimum Gasteiger partial charge on any atom is -0.550 e. The maximum atomic E-state index is 10.6. The lowest BCUT2D eigenvalue weighted by Crippen LogP contribution is -2.47. The molecule has 0 bridgehead atoms. The van der Waals surface area contributed by atoms with Gasteiger partial charge >= 0.3 is 0 Å². The second kappa shape index (κ2) is 22.2. The quantitative estimate of drug-likeness (QED) is 0.114. The number of hydrogen-bond acceptors (Lipinski definition) is 3. The Labute approximate surface area is 201 Å². The van der Waals surface area contributed by atoms with E-state index >= 15 is 0 Å². The number of quaternary nitrogens is 1. The lowest BCUT2D eigenvalue weighted by molar-refractivity contribution is -0.893. The lowest BCUT2D eigenvalue weighted by atomic mass is 10.0. The molecule has 0 heterocycles. The second-order valence-corrected chi connectivity index (χ2v) is 10.5. The van der Waals surface area contributed by atoms with Gasteiger partial charge in [-0.25, -0.2) is 0 Å². The molecular formula is C28H57NO3. The van der Waals surface area contributed by atoms with Gasteiger partial charge in [0.2, 0.25) is 0 Å². The molecule has 0 aromatic heterocycles. The van der Waals surface area contributed by atoms with E-state index in [-0.39, 0.29) is 12.5 Å². The summed E-state index contributed by atoms with van der Waals surface area (Å²) >= 11 is 0. The van der Waals surface area contributed by atoms with Gasteiger partial charge in [-0.1, -0.05) is 110 Å². The Morgan fingerprint density at radius 2 is 1.16 bits per heavy atom. The van der Waals surface area contributed by atoms with Crippen LogP contribution in [0.2, 0.25) is 0 Å². The van der Waals surface area contributed by atoms with E-state index in [4.69, 9.17) is 4.74 Å². The number of hydrogen-bond donors (Lipinski definition) is 0. The van der Waals surface area contributed by atoms with Crippen molar-refractivity contribution in [2.24, 2.45) is 0 Å². The summed E-state index contributed by atoms with van der Waals surface area (Å²) < 4.78 is 6.80. The van der Waals surface area contributed by atoms with Gasteiger partial charge < -0.3 is 19.1 Å². The van der Waals surface area contributed by atoms with E-state index in [1.165, 1.54) is 103 Å². The van der Waals surface area contributed by atoms with Gasteiger partial charge in [0, 0.05) is 19.0 Å². The van der Waals surface area contributed by atoms with Crippen LogP contribution in [0.15, 0.2) is 0 Å². The minimum atomic E-state index is -0.945. The molecule has 0 aromatic carbocycles. The Hall–Kier alpha value is -0.610. The van der Waals surface area contributed by atoms with Gasteiger partial charge in [-0.15, -0.1) is 0 Å². The summed E-state index contributed by atoms with van der Waals surface area (Å²) in [7, 11) is 4.35. The number of carbonyl (C=O) groups excluding carboxylic acids is 1. The predicted molar refractivity (Wildman–Crippen MR) is 136 cm³/mol. The fourth-order valence-electron chi connectivity index (χ4n) is 4.68. The highest BCUT2D eigenvalue weighted by Gasteiger charge is 2.22. The van der Waals surface area contributed by atoms with E-state index in [9.17, 15) is 9.90 Å². The first-order valence-corrected chi connectivity index (χ1v) is 14.0. The fraction of sp³-hybridized carbons (Fsp3) is 0.964. The largest absolute Gasteiger partial charge is 0.550 e. The Bertz CT molecular complexity index is 411. The molecule has 4 heteroatoms. The molecule has 0 aliphatic heterocycles. The van der Waals surface area contributed by atoms with Crippen LogP contribution in [0.5, 0.6) is 0 Å². The van der Waals surface area contributed by atoms with Crippen molar-refractivity contribution in [3.63, 3.8) is 0 Å². The van der Waals surface area contributed by atoms with E-state index < -0.39 is 5.97 Å². The monoisotopic (exact) mass is 455 g/mol. The van der Waals surface area contributed by atoms with Gasteiger partial charge in [-0.05, 0) is 19.8 Å². The maximum Gasteiger partial charge on any atom is 0.106 e. The zero-order chi connectivity index (χ0) is 23.9. The number of carboxylic acids is 1. The van der Waals surface area contributed by atoms with Gasteiger partial charge in [0.1, 0.15) is 12.6 Å². The highest BCUT2D eigenvalue weighted by molar-refractivity contribution is 5.64. The Morgan fingerprint density at radius 1 is 0.719 bits per heavy atom. The van der Waals surface area contributed by atoms with Gasteiger partial charge in [0.15, 0.2) is 0 Å². The van der Waals surface area contributed by atoms with E-state index in [1.54, 1.807) is 0 Å². The zero-order valence-electron chi connectivity index (χ0n) is 22.3. The molecule has 0 aliphatic carbocycles. The summed E-state index contributed by atoms with van der Waals surface area (Å²) in [5.74, 6) is -0.945. The topological polar surface area (TPSA) is 49.4 Å². The summed E-state index contributed by atoms with van der Waals surface area (Å²) in [5.41, 5.74) is 0. The van der Waals surface area contributed by atoms with Crippen LogP contribution in [0, 0.1) is 0 Å². The number of likely N-dealkylation sites (N-methyl/N-ethyl adjacent to an activating group) is 1. The van der Waals surface area contributed by atoms with E-state index in [0.717, 1.165) is 30.6 Å². The SMILES string of the molecule is CCCCCCCCCCCCCCCCCCC(C[N+](C)(C)CCCC(=O)[O-])OCC. The molecule has 0 spiro atoms. The third-order valence-electron chi connectivity index (χ3n) is 6.62. The normalized spacial score (nSPS) is 12.9. The third-order valence-corrected chi connectivity index (χ3v) is 6.62. The van der Waals surface area contributed by atoms with Crippen molar-refractivity contribution in [1.29, 1.82) is 0 Å². The molecule has 0 rings (SSSR count). The van der Waals surface area contributed by atoms with Crippen LogP contribution in [0.4, 0.5) is 0 Å². The minimum absolute atomic E-state index is 0.153. The molecule has 1 unspecified atom stereocenters. The average molecular weight is 456 g/mol. The number of nitrogens with zero attached hydrogens (tertiary/aromatic N) is 1. The van der Waals surface area contributed by atoms with Crippen LogP contribution in [0.1, 0.15) is 136 Å². The highest BCUT2D eigenvalue weighted by Crippen LogP contribution is 2.16. The first kappa shape index (κ1) is 31.4. The van der Waals surface area contributed by atoms with Crippen LogP contribution in [-0.2, 0) is 9.53 Å². The van der Waals surface area contributed by atoms with Crippen molar-refractivity contribution >= 4 is 5.97 Å². The number of carbonyl (C=O) groups is 1. The van der Waals surface area contributed by atoms with Crippen LogP contribution < -0.4 is 5.11 Å². The number of rotatable bonds is 25. The van der Waals surface area contributed by atoms with Gasteiger partial charge in [0.25, 0.3) is 0 Å².